The van der Waals surface area contributed by atoms with Crippen LogP contribution in [0.1, 0.15) is 25.3 Å². The lowest BCUT2D eigenvalue weighted by molar-refractivity contribution is -0.138. The maximum Gasteiger partial charge on any atom is 0.418 e. The molecule has 0 bridgehead atoms. The lowest BCUT2D eigenvalue weighted by Gasteiger charge is -2.15. The molecule has 0 aliphatic heterocycles. The lowest BCUT2D eigenvalue weighted by Crippen LogP contribution is -2.40. The summed E-state index contributed by atoms with van der Waals surface area (Å²) in [5.74, 6) is -2.20. The van der Waals surface area contributed by atoms with Gasteiger partial charge >= 0.3 is 18.0 Å². The molecule has 1 unspecified atom stereocenters. The normalized spacial score (nSPS) is 12.6. The van der Waals surface area contributed by atoms with Crippen molar-refractivity contribution >= 4 is 17.5 Å². The molecule has 0 heterocycles. The summed E-state index contributed by atoms with van der Waals surface area (Å²) < 4.78 is 38.3. The van der Waals surface area contributed by atoms with Gasteiger partial charge in [0.25, 0.3) is 0 Å². The summed E-state index contributed by atoms with van der Waals surface area (Å²) in [6.07, 6.45) is -3.73. The number of nitrogens with one attached hydrogen (secondary N) is 2. The van der Waals surface area contributed by atoms with Gasteiger partial charge in [0.2, 0.25) is 0 Å². The predicted molar refractivity (Wildman–Crippen MR) is 74.0 cm³/mol. The van der Waals surface area contributed by atoms with E-state index in [0.717, 1.165) is 12.1 Å². The van der Waals surface area contributed by atoms with Gasteiger partial charge < -0.3 is 15.7 Å². The summed E-state index contributed by atoms with van der Waals surface area (Å²) in [6.45, 7) is 1.58. The SMILES string of the molecule is CC(CCCO)NC(=O)C(=O)Nc1ccccc1C(F)(F)F. The molecule has 5 nitrogen and oxygen atoms in total. The van der Waals surface area contributed by atoms with Gasteiger partial charge in [0, 0.05) is 12.6 Å². The summed E-state index contributed by atoms with van der Waals surface area (Å²) in [7, 11) is 0. The zero-order valence-electron chi connectivity index (χ0n) is 11.9. The highest BCUT2D eigenvalue weighted by molar-refractivity contribution is 6.39. The molecule has 1 rings (SSSR count). The minimum atomic E-state index is -4.63. The summed E-state index contributed by atoms with van der Waals surface area (Å²) in [4.78, 5) is 23.3. The second kappa shape index (κ2) is 7.79. The van der Waals surface area contributed by atoms with E-state index in [9.17, 15) is 22.8 Å². The molecular formula is C14H17F3N2O3. The summed E-state index contributed by atoms with van der Waals surface area (Å²) in [6, 6.07) is 4.03. The van der Waals surface area contributed by atoms with Crippen LogP contribution in [-0.4, -0.2) is 29.6 Å². The van der Waals surface area contributed by atoms with Crippen molar-refractivity contribution in [2.45, 2.75) is 32.0 Å². The van der Waals surface area contributed by atoms with E-state index in [1.54, 1.807) is 6.92 Å². The number of aliphatic hydroxyl groups is 1. The Bertz CT molecular complexity index is 532. The van der Waals surface area contributed by atoms with E-state index in [0.29, 0.717) is 12.8 Å². The number of carbonyl (C=O) groups is 2. The van der Waals surface area contributed by atoms with Gasteiger partial charge in [-0.1, -0.05) is 12.1 Å². The van der Waals surface area contributed by atoms with Gasteiger partial charge in [0.05, 0.1) is 11.3 Å². The molecule has 0 spiro atoms. The van der Waals surface area contributed by atoms with Gasteiger partial charge in [0.15, 0.2) is 0 Å². The fourth-order valence-electron chi connectivity index (χ4n) is 1.78. The summed E-state index contributed by atoms with van der Waals surface area (Å²) in [5.41, 5.74) is -1.50. The molecule has 0 aliphatic rings. The first-order valence-corrected chi connectivity index (χ1v) is 6.64. The number of hydrogen-bond donors (Lipinski definition) is 3. The second-order valence-electron chi connectivity index (χ2n) is 4.74. The highest BCUT2D eigenvalue weighted by Gasteiger charge is 2.34. The minimum Gasteiger partial charge on any atom is -0.396 e. The quantitative estimate of drug-likeness (QED) is 0.726. The molecule has 122 valence electrons. The number of benzene rings is 1. The third kappa shape index (κ3) is 5.36. The molecule has 0 aromatic heterocycles. The summed E-state index contributed by atoms with van der Waals surface area (Å²) in [5, 5.41) is 13.0. The van der Waals surface area contributed by atoms with Crippen molar-refractivity contribution in [3.05, 3.63) is 29.8 Å². The fraction of sp³-hybridized carbons (Fsp3) is 0.429. The Morgan fingerprint density at radius 2 is 1.86 bits per heavy atom. The zero-order valence-corrected chi connectivity index (χ0v) is 11.9. The number of halogens is 3. The minimum absolute atomic E-state index is 0.0502. The van der Waals surface area contributed by atoms with Crippen LogP contribution in [0.25, 0.3) is 0 Å². The van der Waals surface area contributed by atoms with Crippen molar-refractivity contribution in [1.82, 2.24) is 5.32 Å². The lowest BCUT2D eigenvalue weighted by atomic mass is 10.1. The maximum atomic E-state index is 12.8. The van der Waals surface area contributed by atoms with Gasteiger partial charge in [-0.2, -0.15) is 13.2 Å². The van der Waals surface area contributed by atoms with E-state index in [2.05, 4.69) is 5.32 Å². The average Bonchev–Trinajstić information content (AvgIpc) is 2.44. The number of para-hydroxylation sites is 1. The number of carbonyl (C=O) groups excluding carboxylic acids is 2. The van der Waals surface area contributed by atoms with Crippen molar-refractivity contribution in [2.24, 2.45) is 0 Å². The topological polar surface area (TPSA) is 78.4 Å². The van der Waals surface area contributed by atoms with Crippen LogP contribution in [0.2, 0.25) is 0 Å². The Morgan fingerprint density at radius 3 is 2.45 bits per heavy atom. The van der Waals surface area contributed by atoms with Crippen molar-refractivity contribution in [1.29, 1.82) is 0 Å². The third-order valence-electron chi connectivity index (χ3n) is 2.86. The van der Waals surface area contributed by atoms with Crippen molar-refractivity contribution in [3.63, 3.8) is 0 Å². The Morgan fingerprint density at radius 1 is 1.23 bits per heavy atom. The molecule has 0 fully saturated rings. The fourth-order valence-corrected chi connectivity index (χ4v) is 1.78. The van der Waals surface area contributed by atoms with E-state index < -0.39 is 29.2 Å². The van der Waals surface area contributed by atoms with Crippen molar-refractivity contribution in [2.75, 3.05) is 11.9 Å². The van der Waals surface area contributed by atoms with Crippen LogP contribution in [0.3, 0.4) is 0 Å². The molecule has 0 aliphatic carbocycles. The van der Waals surface area contributed by atoms with Crippen LogP contribution in [0.4, 0.5) is 18.9 Å². The van der Waals surface area contributed by atoms with Crippen LogP contribution < -0.4 is 10.6 Å². The first-order chi connectivity index (χ1) is 10.3. The van der Waals surface area contributed by atoms with E-state index in [1.807, 2.05) is 5.32 Å². The molecule has 0 saturated carbocycles. The van der Waals surface area contributed by atoms with Gasteiger partial charge in [-0.25, -0.2) is 0 Å². The van der Waals surface area contributed by atoms with Crippen LogP contribution in [0.15, 0.2) is 24.3 Å². The first kappa shape index (κ1) is 18.0. The molecule has 1 aromatic rings. The molecule has 0 radical (unpaired) electrons. The van der Waals surface area contributed by atoms with Crippen LogP contribution >= 0.6 is 0 Å². The molecule has 0 saturated heterocycles. The number of amides is 2. The average molecular weight is 318 g/mol. The van der Waals surface area contributed by atoms with Crippen molar-refractivity contribution < 1.29 is 27.9 Å². The number of hydrogen-bond acceptors (Lipinski definition) is 3. The first-order valence-electron chi connectivity index (χ1n) is 6.64. The number of rotatable bonds is 5. The smallest absolute Gasteiger partial charge is 0.396 e. The Balaban J connectivity index is 2.71. The predicted octanol–water partition coefficient (Wildman–Crippen LogP) is 1.92. The van der Waals surface area contributed by atoms with Crippen molar-refractivity contribution in [3.8, 4) is 0 Å². The van der Waals surface area contributed by atoms with E-state index in [-0.39, 0.29) is 12.6 Å². The molecule has 22 heavy (non-hydrogen) atoms. The monoisotopic (exact) mass is 318 g/mol. The number of aliphatic hydroxyl groups excluding tert-OH is 1. The Labute approximate surface area is 125 Å². The Kier molecular flexibility index (Phi) is 6.36. The molecular weight excluding hydrogens is 301 g/mol. The zero-order chi connectivity index (χ0) is 16.8. The largest absolute Gasteiger partial charge is 0.418 e. The standard InChI is InChI=1S/C14H17F3N2O3/c1-9(5-4-8-20)18-12(21)13(22)19-11-7-3-2-6-10(11)14(15,16)17/h2-3,6-7,9,20H,4-5,8H2,1H3,(H,18,21)(H,19,22). The molecule has 1 aromatic carbocycles. The maximum absolute atomic E-state index is 12.8. The molecule has 1 atom stereocenters. The van der Waals surface area contributed by atoms with E-state index >= 15 is 0 Å². The van der Waals surface area contributed by atoms with Crippen LogP contribution in [0, 0.1) is 0 Å². The molecule has 2 amide bonds. The second-order valence-corrected chi connectivity index (χ2v) is 4.74. The van der Waals surface area contributed by atoms with Gasteiger partial charge in [-0.3, -0.25) is 9.59 Å². The van der Waals surface area contributed by atoms with Gasteiger partial charge in [-0.15, -0.1) is 0 Å². The number of anilines is 1. The van der Waals surface area contributed by atoms with E-state index in [4.69, 9.17) is 5.11 Å². The Hall–Kier alpha value is -2.09. The van der Waals surface area contributed by atoms with E-state index in [1.165, 1.54) is 12.1 Å². The van der Waals surface area contributed by atoms with Crippen LogP contribution in [0.5, 0.6) is 0 Å². The van der Waals surface area contributed by atoms with Gasteiger partial charge in [0.1, 0.15) is 0 Å². The number of alkyl halides is 3. The highest BCUT2D eigenvalue weighted by Crippen LogP contribution is 2.34. The molecule has 3 N–H and O–H groups in total. The third-order valence-corrected chi connectivity index (χ3v) is 2.86. The summed E-state index contributed by atoms with van der Waals surface area (Å²) >= 11 is 0. The highest BCUT2D eigenvalue weighted by atomic mass is 19.4. The van der Waals surface area contributed by atoms with Crippen LogP contribution in [-0.2, 0) is 15.8 Å². The molecule has 8 heteroatoms. The van der Waals surface area contributed by atoms with Gasteiger partial charge in [-0.05, 0) is 31.9 Å².